The Morgan fingerprint density at radius 3 is 1.28 bits per heavy atom. The van der Waals surface area contributed by atoms with Crippen LogP contribution in [0.4, 0.5) is 17.1 Å². The zero-order valence-electron chi connectivity index (χ0n) is 35.0. The molecule has 0 bridgehead atoms. The van der Waals surface area contributed by atoms with Gasteiger partial charge in [-0.2, -0.15) is 0 Å². The predicted octanol–water partition coefficient (Wildman–Crippen LogP) is 15.7. The third-order valence-electron chi connectivity index (χ3n) is 13.6. The zero-order chi connectivity index (χ0) is 42.2. The van der Waals surface area contributed by atoms with Crippen LogP contribution in [0, 0.1) is 0 Å². The Labute approximate surface area is 372 Å². The van der Waals surface area contributed by atoms with E-state index in [4.69, 9.17) is 0 Å². The summed E-state index contributed by atoms with van der Waals surface area (Å²) in [4.78, 5) is 2.46. The summed E-state index contributed by atoms with van der Waals surface area (Å²) in [5.41, 5.74) is 17.3. The minimum atomic E-state index is -0.608. The third kappa shape index (κ3) is 5.28. The van der Waals surface area contributed by atoms with Crippen molar-refractivity contribution in [2.24, 2.45) is 0 Å². The van der Waals surface area contributed by atoms with Crippen LogP contribution in [0.25, 0.3) is 66.1 Å². The van der Waals surface area contributed by atoms with Gasteiger partial charge in [-0.05, 0) is 118 Å². The van der Waals surface area contributed by atoms with Gasteiger partial charge in [0, 0.05) is 38.6 Å². The lowest BCUT2D eigenvalue weighted by Crippen LogP contribution is -2.37. The molecule has 0 saturated carbocycles. The van der Waals surface area contributed by atoms with Crippen molar-refractivity contribution in [3.8, 4) is 22.5 Å². The molecular formula is C61H41N3. The van der Waals surface area contributed by atoms with Crippen molar-refractivity contribution < 1.29 is 0 Å². The number of anilines is 3. The SMILES string of the molecule is c1ccc(-n2c3ccccc3c3cc(-c4ccc(N5c6ccccc6C(c6ccccc6)(c6ccc7c(c6)c6ccccc6n7-c6ccccc6)c6ccccc65)cc4)ccc32)cc1. The molecule has 0 atom stereocenters. The van der Waals surface area contributed by atoms with Gasteiger partial charge in [0.25, 0.3) is 0 Å². The average Bonchev–Trinajstić information content (AvgIpc) is 3.89. The van der Waals surface area contributed by atoms with Crippen molar-refractivity contribution in [2.45, 2.75) is 5.41 Å². The normalized spacial score (nSPS) is 13.1. The van der Waals surface area contributed by atoms with Crippen molar-refractivity contribution in [3.05, 3.63) is 271 Å². The van der Waals surface area contributed by atoms with E-state index in [1.807, 2.05) is 0 Å². The van der Waals surface area contributed by atoms with Gasteiger partial charge >= 0.3 is 0 Å². The number of hydrogen-bond donors (Lipinski definition) is 0. The lowest BCUT2D eigenvalue weighted by Gasteiger charge is -2.46. The molecule has 0 fully saturated rings. The van der Waals surface area contributed by atoms with Crippen molar-refractivity contribution in [3.63, 3.8) is 0 Å². The monoisotopic (exact) mass is 815 g/mol. The quantitative estimate of drug-likeness (QED) is 0.163. The van der Waals surface area contributed by atoms with Gasteiger partial charge < -0.3 is 14.0 Å². The van der Waals surface area contributed by atoms with Crippen LogP contribution < -0.4 is 4.90 Å². The molecule has 3 nitrogen and oxygen atoms in total. The van der Waals surface area contributed by atoms with E-state index in [2.05, 4.69) is 263 Å². The van der Waals surface area contributed by atoms with Crippen LogP contribution in [0.2, 0.25) is 0 Å². The van der Waals surface area contributed by atoms with Crippen LogP contribution in [-0.2, 0) is 5.41 Å². The lowest BCUT2D eigenvalue weighted by molar-refractivity contribution is 0.732. The van der Waals surface area contributed by atoms with Gasteiger partial charge in [-0.25, -0.2) is 0 Å². The molecule has 64 heavy (non-hydrogen) atoms. The molecule has 0 radical (unpaired) electrons. The van der Waals surface area contributed by atoms with Crippen LogP contribution in [-0.4, -0.2) is 9.13 Å². The lowest BCUT2D eigenvalue weighted by atomic mass is 9.62. The topological polar surface area (TPSA) is 13.1 Å². The summed E-state index contributed by atoms with van der Waals surface area (Å²) < 4.78 is 4.78. The standard InChI is InChI=1S/C61H41N3/c1-4-18-44(19-5-1)61(45-35-39-58-52(41-45)50-25-11-15-29-56(50)63(58)47-22-8-3-9-23-47)53-26-12-16-30-59(53)64(60-31-17-13-27-54(60)61)48-36-32-42(33-37-48)43-34-38-57-51(40-43)49-24-10-14-28-55(49)62(57)46-20-6-2-7-21-46/h1-41H. The Bertz CT molecular complexity index is 3660. The summed E-state index contributed by atoms with van der Waals surface area (Å²) in [6.07, 6.45) is 0. The Hall–Kier alpha value is -8.40. The molecular weight excluding hydrogens is 775 g/mol. The molecule has 3 heteroatoms. The van der Waals surface area contributed by atoms with Crippen LogP contribution >= 0.6 is 0 Å². The Morgan fingerprint density at radius 2 is 0.703 bits per heavy atom. The van der Waals surface area contributed by atoms with Crippen molar-refractivity contribution in [2.75, 3.05) is 4.90 Å². The first-order chi connectivity index (χ1) is 31.8. The predicted molar refractivity (Wildman–Crippen MR) is 267 cm³/mol. The second-order valence-electron chi connectivity index (χ2n) is 16.9. The van der Waals surface area contributed by atoms with Gasteiger partial charge in [-0.15, -0.1) is 0 Å². The van der Waals surface area contributed by atoms with E-state index in [0.717, 1.165) is 11.4 Å². The molecule has 0 saturated heterocycles. The highest BCUT2D eigenvalue weighted by atomic mass is 15.2. The smallest absolute Gasteiger partial charge is 0.0742 e. The highest BCUT2D eigenvalue weighted by Crippen LogP contribution is 2.58. The van der Waals surface area contributed by atoms with E-state index < -0.39 is 5.41 Å². The number of para-hydroxylation sites is 6. The number of benzene rings is 10. The van der Waals surface area contributed by atoms with Crippen molar-refractivity contribution in [1.82, 2.24) is 9.13 Å². The molecule has 10 aromatic carbocycles. The van der Waals surface area contributed by atoms with E-state index >= 15 is 0 Å². The number of aromatic nitrogens is 2. The molecule has 3 heterocycles. The highest BCUT2D eigenvalue weighted by Gasteiger charge is 2.46. The van der Waals surface area contributed by atoms with E-state index in [-0.39, 0.29) is 0 Å². The molecule has 2 aromatic heterocycles. The number of rotatable bonds is 6. The maximum absolute atomic E-state index is 2.47. The third-order valence-corrected chi connectivity index (χ3v) is 13.6. The molecule has 1 aliphatic heterocycles. The maximum Gasteiger partial charge on any atom is 0.0742 e. The van der Waals surface area contributed by atoms with Crippen LogP contribution in [0.15, 0.2) is 249 Å². The summed E-state index contributed by atoms with van der Waals surface area (Å²) in [6, 6.07) is 91.4. The first kappa shape index (κ1) is 36.3. The summed E-state index contributed by atoms with van der Waals surface area (Å²) in [7, 11) is 0. The maximum atomic E-state index is 2.47. The summed E-state index contributed by atoms with van der Waals surface area (Å²) in [5.74, 6) is 0. The molecule has 0 unspecified atom stereocenters. The highest BCUT2D eigenvalue weighted by molar-refractivity contribution is 6.11. The van der Waals surface area contributed by atoms with Gasteiger partial charge in [0.05, 0.1) is 38.9 Å². The van der Waals surface area contributed by atoms with E-state index in [1.165, 1.54) is 94.1 Å². The van der Waals surface area contributed by atoms with E-state index in [0.29, 0.717) is 0 Å². The van der Waals surface area contributed by atoms with Gasteiger partial charge in [0.2, 0.25) is 0 Å². The molecule has 300 valence electrons. The Morgan fingerprint density at radius 1 is 0.266 bits per heavy atom. The molecule has 0 N–H and O–H groups in total. The first-order valence-electron chi connectivity index (χ1n) is 22.1. The van der Waals surface area contributed by atoms with Crippen LogP contribution in [0.5, 0.6) is 0 Å². The average molecular weight is 816 g/mol. The molecule has 1 aliphatic rings. The Balaban J connectivity index is 0.977. The van der Waals surface area contributed by atoms with E-state index in [9.17, 15) is 0 Å². The molecule has 0 spiro atoms. The molecule has 12 aromatic rings. The summed E-state index contributed by atoms with van der Waals surface area (Å²) in [6.45, 7) is 0. The number of nitrogens with zero attached hydrogens (tertiary/aromatic N) is 3. The number of fused-ring (bicyclic) bond motifs is 8. The van der Waals surface area contributed by atoms with Crippen LogP contribution in [0.3, 0.4) is 0 Å². The fourth-order valence-corrected chi connectivity index (χ4v) is 10.9. The number of hydrogen-bond acceptors (Lipinski definition) is 1. The minimum Gasteiger partial charge on any atom is -0.310 e. The van der Waals surface area contributed by atoms with E-state index in [1.54, 1.807) is 0 Å². The summed E-state index contributed by atoms with van der Waals surface area (Å²) in [5, 5.41) is 4.99. The minimum absolute atomic E-state index is 0.608. The fourth-order valence-electron chi connectivity index (χ4n) is 10.9. The molecule has 0 amide bonds. The Kier molecular flexibility index (Phi) is 8.13. The van der Waals surface area contributed by atoms with Crippen molar-refractivity contribution >= 4 is 60.7 Å². The van der Waals surface area contributed by atoms with Gasteiger partial charge in [0.1, 0.15) is 0 Å². The summed E-state index contributed by atoms with van der Waals surface area (Å²) >= 11 is 0. The van der Waals surface area contributed by atoms with Gasteiger partial charge in [-0.3, -0.25) is 0 Å². The zero-order valence-corrected chi connectivity index (χ0v) is 35.0. The fraction of sp³-hybridized carbons (Fsp3) is 0.0164. The molecule has 0 aliphatic carbocycles. The second kappa shape index (κ2) is 14.3. The first-order valence-corrected chi connectivity index (χ1v) is 22.1. The second-order valence-corrected chi connectivity index (χ2v) is 16.9. The van der Waals surface area contributed by atoms with Gasteiger partial charge in [0.15, 0.2) is 0 Å². The van der Waals surface area contributed by atoms with Crippen LogP contribution in [0.1, 0.15) is 22.3 Å². The largest absolute Gasteiger partial charge is 0.310 e. The molecule has 13 rings (SSSR count). The van der Waals surface area contributed by atoms with Crippen molar-refractivity contribution in [1.29, 1.82) is 0 Å². The van der Waals surface area contributed by atoms with Gasteiger partial charge in [-0.1, -0.05) is 164 Å².